The zero-order chi connectivity index (χ0) is 23.2. The standard InChI is InChI=1S/C23H32N6O4/c1-3-33-23(31)28-11-8-17(9-12-28)27-13-10-20-25-26-21(29(20)15-14-27)16-24-22(30)18-6-4-5-7-19(18)32-2/h4-7,17H,3,8-16H2,1-2H3,(H,24,30). The van der Waals surface area contributed by atoms with Gasteiger partial charge in [-0.1, -0.05) is 12.1 Å². The van der Waals surface area contributed by atoms with Crippen molar-refractivity contribution in [2.45, 2.75) is 45.3 Å². The number of methoxy groups -OCH3 is 1. The first-order valence-electron chi connectivity index (χ1n) is 11.6. The van der Waals surface area contributed by atoms with Crippen LogP contribution in [0.4, 0.5) is 4.79 Å². The van der Waals surface area contributed by atoms with Crippen LogP contribution in [0.2, 0.25) is 0 Å². The Hall–Kier alpha value is -3.14. The summed E-state index contributed by atoms with van der Waals surface area (Å²) in [5.41, 5.74) is 0.496. The second-order valence-electron chi connectivity index (χ2n) is 8.27. The lowest BCUT2D eigenvalue weighted by Crippen LogP contribution is -2.47. The molecular formula is C23H32N6O4. The minimum absolute atomic E-state index is 0.201. The van der Waals surface area contributed by atoms with E-state index in [0.29, 0.717) is 30.5 Å². The molecule has 1 aromatic heterocycles. The Labute approximate surface area is 193 Å². The number of para-hydroxylation sites is 1. The number of benzene rings is 1. The molecule has 2 aromatic rings. The number of hydrogen-bond acceptors (Lipinski definition) is 7. The van der Waals surface area contributed by atoms with Crippen molar-refractivity contribution in [3.63, 3.8) is 0 Å². The normalized spacial score (nSPS) is 17.2. The molecule has 33 heavy (non-hydrogen) atoms. The molecule has 10 heteroatoms. The number of nitrogens with zero attached hydrogens (tertiary/aromatic N) is 5. The summed E-state index contributed by atoms with van der Waals surface area (Å²) in [7, 11) is 1.55. The van der Waals surface area contributed by atoms with Crippen LogP contribution in [0.1, 0.15) is 41.8 Å². The highest BCUT2D eigenvalue weighted by molar-refractivity contribution is 5.96. The molecular weight excluding hydrogens is 424 g/mol. The van der Waals surface area contributed by atoms with Crippen LogP contribution in [-0.2, 0) is 24.2 Å². The van der Waals surface area contributed by atoms with Gasteiger partial charge in [0, 0.05) is 45.2 Å². The first kappa shape index (κ1) is 23.0. The maximum atomic E-state index is 12.6. The summed E-state index contributed by atoms with van der Waals surface area (Å²) in [6.45, 7) is 6.59. The second kappa shape index (κ2) is 10.7. The van der Waals surface area contributed by atoms with Gasteiger partial charge in [0.1, 0.15) is 11.6 Å². The fourth-order valence-corrected chi connectivity index (χ4v) is 4.61. The number of ether oxygens (including phenoxy) is 2. The van der Waals surface area contributed by atoms with E-state index in [1.165, 1.54) is 0 Å². The molecule has 0 spiro atoms. The predicted octanol–water partition coefficient (Wildman–Crippen LogP) is 1.70. The molecule has 2 amide bonds. The quantitative estimate of drug-likeness (QED) is 0.706. The highest BCUT2D eigenvalue weighted by atomic mass is 16.6. The van der Waals surface area contributed by atoms with Gasteiger partial charge in [0.15, 0.2) is 5.82 Å². The van der Waals surface area contributed by atoms with Gasteiger partial charge in [-0.25, -0.2) is 4.79 Å². The summed E-state index contributed by atoms with van der Waals surface area (Å²) in [4.78, 5) is 28.9. The first-order valence-corrected chi connectivity index (χ1v) is 11.6. The van der Waals surface area contributed by atoms with Gasteiger partial charge in [0.05, 0.1) is 25.8 Å². The van der Waals surface area contributed by atoms with Gasteiger partial charge < -0.3 is 24.3 Å². The SMILES string of the molecule is CCOC(=O)N1CCC(N2CCc3nnc(CNC(=O)c4ccccc4OC)n3CC2)CC1. The van der Waals surface area contributed by atoms with Crippen molar-refractivity contribution in [1.82, 2.24) is 29.9 Å². The highest BCUT2D eigenvalue weighted by Gasteiger charge is 2.29. The average Bonchev–Trinajstić information content (AvgIpc) is 3.11. The van der Waals surface area contributed by atoms with Gasteiger partial charge in [0.2, 0.25) is 0 Å². The van der Waals surface area contributed by atoms with Crippen molar-refractivity contribution < 1.29 is 19.1 Å². The van der Waals surface area contributed by atoms with E-state index in [1.54, 1.807) is 24.1 Å². The van der Waals surface area contributed by atoms with Crippen molar-refractivity contribution in [2.75, 3.05) is 39.9 Å². The number of likely N-dealkylation sites (tertiary alicyclic amines) is 1. The van der Waals surface area contributed by atoms with Gasteiger partial charge in [-0.2, -0.15) is 0 Å². The van der Waals surface area contributed by atoms with Crippen molar-refractivity contribution in [1.29, 1.82) is 0 Å². The monoisotopic (exact) mass is 456 g/mol. The largest absolute Gasteiger partial charge is 0.496 e. The minimum Gasteiger partial charge on any atom is -0.496 e. The van der Waals surface area contributed by atoms with Crippen LogP contribution < -0.4 is 10.1 Å². The van der Waals surface area contributed by atoms with E-state index in [1.807, 2.05) is 19.1 Å². The summed E-state index contributed by atoms with van der Waals surface area (Å²) in [5.74, 6) is 2.04. The topological polar surface area (TPSA) is 102 Å². The zero-order valence-corrected chi connectivity index (χ0v) is 19.3. The third-order valence-electron chi connectivity index (χ3n) is 6.40. The van der Waals surface area contributed by atoms with Crippen molar-refractivity contribution in [3.05, 3.63) is 41.5 Å². The van der Waals surface area contributed by atoms with E-state index in [4.69, 9.17) is 9.47 Å². The van der Waals surface area contributed by atoms with Crippen LogP contribution in [0.5, 0.6) is 5.75 Å². The van der Waals surface area contributed by atoms with E-state index in [0.717, 1.165) is 63.6 Å². The molecule has 1 N–H and O–H groups in total. The summed E-state index contributed by atoms with van der Waals surface area (Å²) < 4.78 is 12.5. The van der Waals surface area contributed by atoms with Crippen molar-refractivity contribution >= 4 is 12.0 Å². The molecule has 2 aliphatic heterocycles. The Bertz CT molecular complexity index is 970. The first-order chi connectivity index (χ1) is 16.1. The third kappa shape index (κ3) is 5.27. The number of fused-ring (bicyclic) bond motifs is 1. The number of amides is 2. The summed E-state index contributed by atoms with van der Waals surface area (Å²) >= 11 is 0. The molecule has 178 valence electrons. The molecule has 2 aliphatic rings. The predicted molar refractivity (Wildman–Crippen MR) is 121 cm³/mol. The second-order valence-corrected chi connectivity index (χ2v) is 8.27. The lowest BCUT2D eigenvalue weighted by Gasteiger charge is -2.37. The number of piperidine rings is 1. The lowest BCUT2D eigenvalue weighted by molar-refractivity contribution is 0.0751. The Morgan fingerprint density at radius 1 is 1.09 bits per heavy atom. The van der Waals surface area contributed by atoms with E-state index in [-0.39, 0.29) is 12.0 Å². The fourth-order valence-electron chi connectivity index (χ4n) is 4.61. The van der Waals surface area contributed by atoms with E-state index in [2.05, 4.69) is 25.0 Å². The maximum absolute atomic E-state index is 12.6. The molecule has 0 unspecified atom stereocenters. The van der Waals surface area contributed by atoms with Crippen molar-refractivity contribution in [3.8, 4) is 5.75 Å². The smallest absolute Gasteiger partial charge is 0.409 e. The van der Waals surface area contributed by atoms with E-state index in [9.17, 15) is 9.59 Å². The van der Waals surface area contributed by atoms with Gasteiger partial charge in [-0.3, -0.25) is 9.69 Å². The summed E-state index contributed by atoms with van der Waals surface area (Å²) in [6, 6.07) is 7.60. The molecule has 1 aromatic carbocycles. The maximum Gasteiger partial charge on any atom is 0.409 e. The van der Waals surface area contributed by atoms with Gasteiger partial charge >= 0.3 is 6.09 Å². The summed E-state index contributed by atoms with van der Waals surface area (Å²) in [6.07, 6.45) is 2.49. The Morgan fingerprint density at radius 2 is 1.88 bits per heavy atom. The molecule has 0 atom stereocenters. The highest BCUT2D eigenvalue weighted by Crippen LogP contribution is 2.21. The van der Waals surface area contributed by atoms with E-state index < -0.39 is 0 Å². The molecule has 1 saturated heterocycles. The number of nitrogens with one attached hydrogen (secondary N) is 1. The Morgan fingerprint density at radius 3 is 2.64 bits per heavy atom. The molecule has 0 aliphatic carbocycles. The molecule has 1 fully saturated rings. The molecule has 10 nitrogen and oxygen atoms in total. The van der Waals surface area contributed by atoms with Crippen LogP contribution in [0.25, 0.3) is 0 Å². The molecule has 0 bridgehead atoms. The molecule has 0 radical (unpaired) electrons. The molecule has 0 saturated carbocycles. The van der Waals surface area contributed by atoms with Crippen LogP contribution in [-0.4, -0.2) is 82.5 Å². The van der Waals surface area contributed by atoms with Gasteiger partial charge in [0.25, 0.3) is 5.91 Å². The van der Waals surface area contributed by atoms with Gasteiger partial charge in [-0.15, -0.1) is 10.2 Å². The van der Waals surface area contributed by atoms with Gasteiger partial charge in [-0.05, 0) is 31.9 Å². The minimum atomic E-state index is -0.210. The fraction of sp³-hybridized carbons (Fsp3) is 0.565. The Balaban J connectivity index is 1.32. The van der Waals surface area contributed by atoms with Crippen LogP contribution >= 0.6 is 0 Å². The number of carbonyl (C=O) groups is 2. The number of hydrogen-bond donors (Lipinski definition) is 1. The zero-order valence-electron chi connectivity index (χ0n) is 19.3. The number of carbonyl (C=O) groups excluding carboxylic acids is 2. The molecule has 3 heterocycles. The lowest BCUT2D eigenvalue weighted by atomic mass is 10.0. The van der Waals surface area contributed by atoms with E-state index >= 15 is 0 Å². The Kier molecular flexibility index (Phi) is 7.43. The van der Waals surface area contributed by atoms with Crippen molar-refractivity contribution in [2.24, 2.45) is 0 Å². The van der Waals surface area contributed by atoms with Crippen LogP contribution in [0.15, 0.2) is 24.3 Å². The van der Waals surface area contributed by atoms with Crippen LogP contribution in [0, 0.1) is 0 Å². The average molecular weight is 457 g/mol. The van der Waals surface area contributed by atoms with Crippen LogP contribution in [0.3, 0.4) is 0 Å². The summed E-state index contributed by atoms with van der Waals surface area (Å²) in [5, 5.41) is 11.6. The number of aromatic nitrogens is 3. The molecule has 4 rings (SSSR count). The third-order valence-corrected chi connectivity index (χ3v) is 6.40. The number of rotatable bonds is 6.